The third-order valence-corrected chi connectivity index (χ3v) is 3.58. The second-order valence-corrected chi connectivity index (χ2v) is 5.49. The van der Waals surface area contributed by atoms with Gasteiger partial charge in [0.2, 0.25) is 0 Å². The van der Waals surface area contributed by atoms with Crippen molar-refractivity contribution in [3.05, 3.63) is 52.5 Å². The Labute approximate surface area is 128 Å². The summed E-state index contributed by atoms with van der Waals surface area (Å²) in [5.74, 6) is 0.721. The van der Waals surface area contributed by atoms with Crippen molar-refractivity contribution in [1.82, 2.24) is 0 Å². The van der Waals surface area contributed by atoms with Gasteiger partial charge in [0.1, 0.15) is 5.75 Å². The van der Waals surface area contributed by atoms with E-state index in [0.29, 0.717) is 12.3 Å². The van der Waals surface area contributed by atoms with E-state index in [2.05, 4.69) is 40.3 Å². The molecule has 2 rings (SSSR count). The number of rotatable bonds is 5. The molecule has 1 atom stereocenters. The summed E-state index contributed by atoms with van der Waals surface area (Å²) in [5, 5.41) is 3.43. The van der Waals surface area contributed by atoms with Gasteiger partial charge in [-0.2, -0.15) is 0 Å². The monoisotopic (exact) mass is 334 g/mol. The van der Waals surface area contributed by atoms with Crippen molar-refractivity contribution < 1.29 is 4.74 Å². The number of benzene rings is 2. The Balaban J connectivity index is 2.19. The molecule has 106 valence electrons. The molecule has 0 amide bonds. The van der Waals surface area contributed by atoms with Gasteiger partial charge in [-0.15, -0.1) is 0 Å². The molecule has 0 saturated heterocycles. The van der Waals surface area contributed by atoms with Gasteiger partial charge in [0, 0.05) is 10.5 Å². The molecule has 0 spiro atoms. The van der Waals surface area contributed by atoms with Crippen LogP contribution >= 0.6 is 15.9 Å². The predicted molar refractivity (Wildman–Crippen MR) is 88.2 cm³/mol. The lowest BCUT2D eigenvalue weighted by Gasteiger charge is -2.19. The second kappa shape index (κ2) is 6.66. The number of nitrogen functional groups attached to an aromatic ring is 1. The molecule has 2 aromatic rings. The van der Waals surface area contributed by atoms with Gasteiger partial charge in [0.15, 0.2) is 0 Å². The van der Waals surface area contributed by atoms with Crippen LogP contribution in [0.4, 0.5) is 11.4 Å². The fraction of sp³-hybridized carbons (Fsp3) is 0.250. The quantitative estimate of drug-likeness (QED) is 0.785. The molecule has 0 bridgehead atoms. The Hall–Kier alpha value is -1.68. The lowest BCUT2D eigenvalue weighted by Crippen LogP contribution is -2.09. The van der Waals surface area contributed by atoms with Gasteiger partial charge < -0.3 is 15.8 Å². The van der Waals surface area contributed by atoms with Crippen LogP contribution in [-0.2, 0) is 0 Å². The van der Waals surface area contributed by atoms with E-state index in [9.17, 15) is 0 Å². The van der Waals surface area contributed by atoms with Crippen LogP contribution in [0.2, 0.25) is 0 Å². The van der Waals surface area contributed by atoms with E-state index in [1.807, 2.05) is 37.3 Å². The summed E-state index contributed by atoms with van der Waals surface area (Å²) in [6.45, 7) is 4.66. The fourth-order valence-electron chi connectivity index (χ4n) is 2.04. The van der Waals surface area contributed by atoms with Crippen molar-refractivity contribution in [3.8, 4) is 5.75 Å². The first-order chi connectivity index (χ1) is 9.61. The zero-order valence-electron chi connectivity index (χ0n) is 11.7. The molecule has 20 heavy (non-hydrogen) atoms. The van der Waals surface area contributed by atoms with Crippen molar-refractivity contribution in [2.45, 2.75) is 19.9 Å². The number of nitrogens with one attached hydrogen (secondary N) is 1. The third-order valence-electron chi connectivity index (χ3n) is 3.09. The molecule has 0 heterocycles. The number of para-hydroxylation sites is 1. The summed E-state index contributed by atoms with van der Waals surface area (Å²) in [7, 11) is 0. The molecule has 0 aliphatic heterocycles. The smallest absolute Gasteiger partial charge is 0.144 e. The summed E-state index contributed by atoms with van der Waals surface area (Å²) in [4.78, 5) is 0. The molecule has 0 radical (unpaired) electrons. The lowest BCUT2D eigenvalue weighted by molar-refractivity contribution is 0.342. The number of nitrogens with two attached hydrogens (primary N) is 1. The van der Waals surface area contributed by atoms with E-state index < -0.39 is 0 Å². The van der Waals surface area contributed by atoms with Crippen LogP contribution < -0.4 is 15.8 Å². The van der Waals surface area contributed by atoms with E-state index in [4.69, 9.17) is 10.5 Å². The zero-order chi connectivity index (χ0) is 14.5. The molecule has 0 fully saturated rings. The highest BCUT2D eigenvalue weighted by atomic mass is 79.9. The molecule has 0 aliphatic rings. The minimum Gasteiger partial charge on any atom is -0.492 e. The summed E-state index contributed by atoms with van der Waals surface area (Å²) in [6, 6.07) is 14.2. The highest BCUT2D eigenvalue weighted by molar-refractivity contribution is 9.10. The van der Waals surface area contributed by atoms with Crippen molar-refractivity contribution in [3.63, 3.8) is 0 Å². The largest absolute Gasteiger partial charge is 0.492 e. The first kappa shape index (κ1) is 14.7. The van der Waals surface area contributed by atoms with Gasteiger partial charge in [-0.25, -0.2) is 0 Å². The molecule has 0 aromatic heterocycles. The van der Waals surface area contributed by atoms with E-state index in [1.165, 1.54) is 5.56 Å². The zero-order valence-corrected chi connectivity index (χ0v) is 13.3. The fourth-order valence-corrected chi connectivity index (χ4v) is 2.46. The van der Waals surface area contributed by atoms with Crippen LogP contribution in [0.15, 0.2) is 46.9 Å². The Bertz CT molecular complexity index is 586. The Kier molecular flexibility index (Phi) is 4.90. The number of anilines is 2. The normalized spacial score (nSPS) is 11.9. The maximum Gasteiger partial charge on any atom is 0.144 e. The minimum absolute atomic E-state index is 0.159. The van der Waals surface area contributed by atoms with Crippen LogP contribution in [0, 0.1) is 0 Å². The van der Waals surface area contributed by atoms with Crippen LogP contribution in [0.3, 0.4) is 0 Å². The van der Waals surface area contributed by atoms with Crippen molar-refractivity contribution in [2.24, 2.45) is 0 Å². The average molecular weight is 335 g/mol. The first-order valence-electron chi connectivity index (χ1n) is 6.65. The number of ether oxygens (including phenoxy) is 1. The summed E-state index contributed by atoms with van der Waals surface area (Å²) in [5.41, 5.74) is 8.87. The summed E-state index contributed by atoms with van der Waals surface area (Å²) in [6.07, 6.45) is 0. The minimum atomic E-state index is 0.159. The second-order valence-electron chi connectivity index (χ2n) is 4.57. The number of hydrogen-bond acceptors (Lipinski definition) is 3. The number of hydrogen-bond donors (Lipinski definition) is 2. The third kappa shape index (κ3) is 3.45. The van der Waals surface area contributed by atoms with E-state index in [-0.39, 0.29) is 6.04 Å². The molecule has 1 unspecified atom stereocenters. The number of halogens is 1. The molecule has 3 N–H and O–H groups in total. The highest BCUT2D eigenvalue weighted by Gasteiger charge is 2.10. The standard InChI is InChI=1S/C16H19BrN2O/c1-3-20-15-9-5-8-14(16(15)18)19-11(2)12-6-4-7-13(17)10-12/h4-11,19H,3,18H2,1-2H3. The summed E-state index contributed by atoms with van der Waals surface area (Å²) < 4.78 is 6.58. The molecule has 3 nitrogen and oxygen atoms in total. The molecular formula is C16H19BrN2O. The van der Waals surface area contributed by atoms with Crippen molar-refractivity contribution in [1.29, 1.82) is 0 Å². The first-order valence-corrected chi connectivity index (χ1v) is 7.44. The van der Waals surface area contributed by atoms with Gasteiger partial charge >= 0.3 is 0 Å². The van der Waals surface area contributed by atoms with Gasteiger partial charge in [-0.05, 0) is 43.7 Å². The highest BCUT2D eigenvalue weighted by Crippen LogP contribution is 2.32. The van der Waals surface area contributed by atoms with Gasteiger partial charge in [-0.3, -0.25) is 0 Å². The van der Waals surface area contributed by atoms with Crippen molar-refractivity contribution >= 4 is 27.3 Å². The van der Waals surface area contributed by atoms with Crippen LogP contribution in [0.5, 0.6) is 5.75 Å². The topological polar surface area (TPSA) is 47.3 Å². The van der Waals surface area contributed by atoms with Crippen LogP contribution in [0.25, 0.3) is 0 Å². The Morgan fingerprint density at radius 2 is 2.00 bits per heavy atom. The maximum absolute atomic E-state index is 6.13. The molecule has 4 heteroatoms. The van der Waals surface area contributed by atoms with E-state index in [0.717, 1.165) is 15.9 Å². The predicted octanol–water partition coefficient (Wildman–Crippen LogP) is 4.60. The summed E-state index contributed by atoms with van der Waals surface area (Å²) >= 11 is 3.49. The van der Waals surface area contributed by atoms with Gasteiger partial charge in [0.25, 0.3) is 0 Å². The molecule has 0 aliphatic carbocycles. The van der Waals surface area contributed by atoms with E-state index >= 15 is 0 Å². The van der Waals surface area contributed by atoms with Crippen LogP contribution in [0.1, 0.15) is 25.5 Å². The molecule has 0 saturated carbocycles. The van der Waals surface area contributed by atoms with Crippen LogP contribution in [-0.4, -0.2) is 6.61 Å². The molecule has 2 aromatic carbocycles. The Morgan fingerprint density at radius 1 is 1.25 bits per heavy atom. The van der Waals surface area contributed by atoms with Crippen molar-refractivity contribution in [2.75, 3.05) is 17.7 Å². The molecular weight excluding hydrogens is 316 g/mol. The Morgan fingerprint density at radius 3 is 2.70 bits per heavy atom. The SMILES string of the molecule is CCOc1cccc(NC(C)c2cccc(Br)c2)c1N. The van der Waals surface area contributed by atoms with Gasteiger partial charge in [0.05, 0.1) is 18.0 Å². The maximum atomic E-state index is 6.13. The van der Waals surface area contributed by atoms with E-state index in [1.54, 1.807) is 0 Å². The average Bonchev–Trinajstić information content (AvgIpc) is 2.43. The van der Waals surface area contributed by atoms with Gasteiger partial charge in [-0.1, -0.05) is 34.1 Å². The lowest BCUT2D eigenvalue weighted by atomic mass is 10.1.